The number of ether oxygens (including phenoxy) is 1. The van der Waals surface area contributed by atoms with E-state index in [-0.39, 0.29) is 0 Å². The van der Waals surface area contributed by atoms with Crippen LogP contribution in [0.15, 0.2) is 48.5 Å². The van der Waals surface area contributed by atoms with Gasteiger partial charge in [0.2, 0.25) is 0 Å². The average Bonchev–Trinajstić information content (AvgIpc) is 2.35. The number of fused-ring (bicyclic) bond motifs is 2. The zero-order chi connectivity index (χ0) is 11.8. The van der Waals surface area contributed by atoms with Crippen LogP contribution in [-0.4, -0.2) is 14.7 Å². The van der Waals surface area contributed by atoms with E-state index < -0.39 is 14.7 Å². The van der Waals surface area contributed by atoms with Gasteiger partial charge in [0.25, 0.3) is 0 Å². The third kappa shape index (κ3) is 1.79. The molecule has 0 spiro atoms. The molecule has 2 aromatic rings. The summed E-state index contributed by atoms with van der Waals surface area (Å²) in [6.45, 7) is 4.66. The molecule has 0 fully saturated rings. The fourth-order valence-corrected chi connectivity index (χ4v) is 7.70. The third-order valence-corrected chi connectivity index (χ3v) is 8.88. The number of para-hydroxylation sites is 2. The zero-order valence-electron chi connectivity index (χ0n) is 10.1. The van der Waals surface area contributed by atoms with Crippen LogP contribution in [-0.2, 0) is 0 Å². The minimum atomic E-state index is -1.20. The van der Waals surface area contributed by atoms with Crippen molar-refractivity contribution in [2.75, 3.05) is 0 Å². The predicted molar refractivity (Wildman–Crippen MR) is 73.1 cm³/mol. The SMILES string of the molecule is CC(C)[As]1c2ccccc2Oc2ccccc21. The number of hydrogen-bond acceptors (Lipinski definition) is 1. The van der Waals surface area contributed by atoms with Gasteiger partial charge in [-0.25, -0.2) is 0 Å². The van der Waals surface area contributed by atoms with Crippen LogP contribution in [0.3, 0.4) is 0 Å². The van der Waals surface area contributed by atoms with Crippen LogP contribution in [0.1, 0.15) is 13.8 Å². The Morgan fingerprint density at radius 2 is 1.29 bits per heavy atom. The molecule has 3 rings (SSSR count). The van der Waals surface area contributed by atoms with Crippen LogP contribution < -0.4 is 13.4 Å². The summed E-state index contributed by atoms with van der Waals surface area (Å²) in [7, 11) is 0. The van der Waals surface area contributed by atoms with Crippen LogP contribution >= 0.6 is 0 Å². The van der Waals surface area contributed by atoms with Gasteiger partial charge in [-0.3, -0.25) is 0 Å². The van der Waals surface area contributed by atoms with E-state index in [1.165, 1.54) is 8.70 Å². The molecule has 0 aromatic heterocycles. The summed E-state index contributed by atoms with van der Waals surface area (Å²) < 4.78 is 9.62. The Balaban J connectivity index is 2.21. The first-order valence-electron chi connectivity index (χ1n) is 5.92. The molecule has 2 heteroatoms. The van der Waals surface area contributed by atoms with Crippen molar-refractivity contribution < 1.29 is 4.74 Å². The molecule has 0 N–H and O–H groups in total. The van der Waals surface area contributed by atoms with Crippen molar-refractivity contribution in [1.29, 1.82) is 0 Å². The molecule has 0 saturated carbocycles. The second-order valence-corrected chi connectivity index (χ2v) is 10.2. The standard InChI is InChI=1S/C15H15AsO/c1-11(2)16-12-7-3-5-9-14(12)17-15-10-6-4-8-13(15)16/h3-11H,1-2H3. The van der Waals surface area contributed by atoms with Gasteiger partial charge in [0.1, 0.15) is 0 Å². The third-order valence-electron chi connectivity index (χ3n) is 2.99. The van der Waals surface area contributed by atoms with Gasteiger partial charge in [-0.05, 0) is 0 Å². The molecule has 0 radical (unpaired) electrons. The Morgan fingerprint density at radius 3 is 1.76 bits per heavy atom. The van der Waals surface area contributed by atoms with E-state index in [0.29, 0.717) is 4.71 Å². The van der Waals surface area contributed by atoms with Gasteiger partial charge in [-0.1, -0.05) is 0 Å². The summed E-state index contributed by atoms with van der Waals surface area (Å²) in [6, 6.07) is 17.0. The first kappa shape index (κ1) is 10.9. The first-order chi connectivity index (χ1) is 8.27. The summed E-state index contributed by atoms with van der Waals surface area (Å²) in [6.07, 6.45) is 0. The molecular weight excluding hydrogens is 271 g/mol. The van der Waals surface area contributed by atoms with Crippen LogP contribution in [0.5, 0.6) is 11.5 Å². The van der Waals surface area contributed by atoms with Gasteiger partial charge >= 0.3 is 107 Å². The summed E-state index contributed by atoms with van der Waals surface area (Å²) in [4.78, 5) is 0. The Labute approximate surface area is 107 Å². The number of hydrogen-bond donors (Lipinski definition) is 0. The molecule has 1 heterocycles. The van der Waals surface area contributed by atoms with Crippen molar-refractivity contribution in [2.24, 2.45) is 0 Å². The fourth-order valence-electron chi connectivity index (χ4n) is 2.29. The molecule has 2 aromatic carbocycles. The number of rotatable bonds is 1. The molecule has 0 bridgehead atoms. The maximum absolute atomic E-state index is 5.99. The van der Waals surface area contributed by atoms with Crippen LogP contribution in [0.25, 0.3) is 0 Å². The van der Waals surface area contributed by atoms with E-state index >= 15 is 0 Å². The average molecular weight is 286 g/mol. The topological polar surface area (TPSA) is 9.23 Å². The molecule has 0 unspecified atom stereocenters. The van der Waals surface area contributed by atoms with E-state index in [1.54, 1.807) is 0 Å². The number of benzene rings is 2. The van der Waals surface area contributed by atoms with E-state index in [1.807, 2.05) is 0 Å². The normalized spacial score (nSPS) is 14.1. The molecule has 1 aliphatic rings. The van der Waals surface area contributed by atoms with Crippen molar-refractivity contribution in [1.82, 2.24) is 0 Å². The summed E-state index contributed by atoms with van der Waals surface area (Å²) >= 11 is -1.20. The van der Waals surface area contributed by atoms with Crippen molar-refractivity contribution in [3.05, 3.63) is 48.5 Å². The summed E-state index contributed by atoms with van der Waals surface area (Å²) in [5, 5.41) is 0. The van der Waals surface area contributed by atoms with Crippen LogP contribution in [0.4, 0.5) is 0 Å². The van der Waals surface area contributed by atoms with Crippen molar-refractivity contribution in [3.63, 3.8) is 0 Å². The van der Waals surface area contributed by atoms with Crippen LogP contribution in [0.2, 0.25) is 4.71 Å². The van der Waals surface area contributed by atoms with E-state index in [9.17, 15) is 0 Å². The van der Waals surface area contributed by atoms with Crippen molar-refractivity contribution in [2.45, 2.75) is 18.6 Å². The van der Waals surface area contributed by atoms with Crippen molar-refractivity contribution in [3.8, 4) is 11.5 Å². The summed E-state index contributed by atoms with van der Waals surface area (Å²) in [5.41, 5.74) is 0. The van der Waals surface area contributed by atoms with Crippen molar-refractivity contribution >= 4 is 23.4 Å². The van der Waals surface area contributed by atoms with E-state index in [0.717, 1.165) is 11.5 Å². The molecule has 0 amide bonds. The molecule has 1 aliphatic heterocycles. The fraction of sp³-hybridized carbons (Fsp3) is 0.200. The van der Waals surface area contributed by atoms with Gasteiger partial charge in [0.15, 0.2) is 0 Å². The zero-order valence-corrected chi connectivity index (χ0v) is 11.9. The van der Waals surface area contributed by atoms with Gasteiger partial charge in [-0.2, -0.15) is 0 Å². The monoisotopic (exact) mass is 286 g/mol. The minimum absolute atomic E-state index is 0.716. The van der Waals surface area contributed by atoms with E-state index in [4.69, 9.17) is 4.74 Å². The molecule has 86 valence electrons. The van der Waals surface area contributed by atoms with Gasteiger partial charge < -0.3 is 0 Å². The Hall–Kier alpha value is -1.20. The van der Waals surface area contributed by atoms with Gasteiger partial charge in [0.05, 0.1) is 0 Å². The molecule has 0 saturated heterocycles. The molecule has 1 nitrogen and oxygen atoms in total. The van der Waals surface area contributed by atoms with Gasteiger partial charge in [0, 0.05) is 0 Å². The second-order valence-electron chi connectivity index (χ2n) is 4.50. The first-order valence-corrected chi connectivity index (χ1v) is 8.88. The predicted octanol–water partition coefficient (Wildman–Crippen LogP) is 2.81. The molecule has 0 atom stereocenters. The molecule has 17 heavy (non-hydrogen) atoms. The molecule has 0 aliphatic carbocycles. The van der Waals surface area contributed by atoms with E-state index in [2.05, 4.69) is 62.4 Å². The Kier molecular flexibility index (Phi) is 2.72. The second kappa shape index (κ2) is 4.23. The van der Waals surface area contributed by atoms with Crippen LogP contribution in [0, 0.1) is 0 Å². The summed E-state index contributed by atoms with van der Waals surface area (Å²) in [5.74, 6) is 2.14. The Bertz CT molecular complexity index is 503. The Morgan fingerprint density at radius 1 is 0.824 bits per heavy atom. The maximum atomic E-state index is 5.99. The molecular formula is C15H15AsO. The quantitative estimate of drug-likeness (QED) is 0.733. The van der Waals surface area contributed by atoms with Gasteiger partial charge in [-0.15, -0.1) is 0 Å².